The van der Waals surface area contributed by atoms with Gasteiger partial charge >= 0.3 is 7.82 Å². The van der Waals surface area contributed by atoms with Gasteiger partial charge in [0.25, 0.3) is 0 Å². The van der Waals surface area contributed by atoms with Crippen LogP contribution < -0.4 is 25.6 Å². The van der Waals surface area contributed by atoms with Crippen molar-refractivity contribution < 1.29 is 32.7 Å². The van der Waals surface area contributed by atoms with Crippen LogP contribution >= 0.6 is 7.82 Å². The fourth-order valence-corrected chi connectivity index (χ4v) is 6.47. The van der Waals surface area contributed by atoms with Crippen LogP contribution in [-0.2, 0) is 9.19 Å². The predicted octanol–water partition coefficient (Wildman–Crippen LogP) is 4.09. The maximum absolute atomic E-state index is 14.3. The molecular formula is C25H39FN7O5P. The number of phosphoric acid groups is 1. The number of halogens is 1. The molecule has 3 atom stereocenters. The van der Waals surface area contributed by atoms with Crippen LogP contribution in [0.5, 0.6) is 5.75 Å². The smallest absolute Gasteiger partial charge is 0.322 e. The summed E-state index contributed by atoms with van der Waals surface area (Å²) in [6.07, 6.45) is 8.12. The average Bonchev–Trinajstić information content (AvgIpc) is 3.02. The van der Waals surface area contributed by atoms with E-state index in [1.165, 1.54) is 32.1 Å². The highest BCUT2D eigenvalue weighted by Gasteiger charge is 2.54. The SMILES string of the molecule is CC[N+]1(OP(=O)([O-])O)CCCC1(C)CNc1nc(Nc2ccc(OC)c(F)c2)nc(NC2CCCCCC2)n1. The van der Waals surface area contributed by atoms with Gasteiger partial charge in [-0.2, -0.15) is 19.6 Å². The molecule has 0 spiro atoms. The number of hydrogen-bond donors (Lipinski definition) is 4. The number of likely N-dealkylation sites (N-methyl/N-ethyl adjacent to an activating group) is 1. The van der Waals surface area contributed by atoms with E-state index in [2.05, 4.69) is 30.9 Å². The molecule has 2 aliphatic rings. The van der Waals surface area contributed by atoms with E-state index in [0.29, 0.717) is 31.1 Å². The zero-order valence-corrected chi connectivity index (χ0v) is 23.7. The monoisotopic (exact) mass is 567 g/mol. The number of nitrogens with one attached hydrogen (secondary N) is 3. The van der Waals surface area contributed by atoms with E-state index < -0.39 is 19.2 Å². The van der Waals surface area contributed by atoms with Gasteiger partial charge in [-0.3, -0.25) is 4.57 Å². The predicted molar refractivity (Wildman–Crippen MR) is 144 cm³/mol. The molecule has 12 nitrogen and oxygen atoms in total. The first-order valence-electron chi connectivity index (χ1n) is 13.5. The van der Waals surface area contributed by atoms with Crippen molar-refractivity contribution in [1.29, 1.82) is 0 Å². The second kappa shape index (κ2) is 12.3. The summed E-state index contributed by atoms with van der Waals surface area (Å²) in [7, 11) is -3.57. The molecule has 2 fully saturated rings. The molecule has 2 heterocycles. The Morgan fingerprint density at radius 1 is 1.15 bits per heavy atom. The second-order valence-electron chi connectivity index (χ2n) is 10.5. The number of benzene rings is 1. The number of ether oxygens (including phenoxy) is 1. The fourth-order valence-electron chi connectivity index (χ4n) is 5.68. The Hall–Kier alpha value is -2.57. The maximum atomic E-state index is 14.3. The summed E-state index contributed by atoms with van der Waals surface area (Å²) in [6.45, 7) is 4.82. The van der Waals surface area contributed by atoms with Gasteiger partial charge in [-0.1, -0.05) is 25.7 Å². The Labute approximate surface area is 228 Å². The van der Waals surface area contributed by atoms with Gasteiger partial charge in [-0.15, -0.1) is 4.62 Å². The first-order valence-corrected chi connectivity index (χ1v) is 15.0. The van der Waals surface area contributed by atoms with Crippen molar-refractivity contribution in [3.05, 3.63) is 24.0 Å². The van der Waals surface area contributed by atoms with Crippen LogP contribution in [0.3, 0.4) is 0 Å². The first-order chi connectivity index (χ1) is 18.5. The lowest BCUT2D eigenvalue weighted by Crippen LogP contribution is -2.61. The van der Waals surface area contributed by atoms with E-state index in [4.69, 9.17) is 9.36 Å². The van der Waals surface area contributed by atoms with E-state index in [1.54, 1.807) is 6.07 Å². The number of hydroxylamine groups is 3. The Balaban J connectivity index is 1.58. The lowest BCUT2D eigenvalue weighted by Gasteiger charge is -2.44. The van der Waals surface area contributed by atoms with Crippen LogP contribution in [-0.4, -0.2) is 62.8 Å². The van der Waals surface area contributed by atoms with Gasteiger partial charge in [0, 0.05) is 30.6 Å². The van der Waals surface area contributed by atoms with Crippen LogP contribution in [0.1, 0.15) is 65.2 Å². The number of nitrogens with zero attached hydrogens (tertiary/aromatic N) is 4. The van der Waals surface area contributed by atoms with Crippen molar-refractivity contribution in [2.75, 3.05) is 42.7 Å². The van der Waals surface area contributed by atoms with Crippen LogP contribution in [0.15, 0.2) is 18.2 Å². The summed E-state index contributed by atoms with van der Waals surface area (Å²) >= 11 is 0. The van der Waals surface area contributed by atoms with Gasteiger partial charge in [-0.05, 0) is 38.8 Å². The molecule has 2 aromatic rings. The van der Waals surface area contributed by atoms with E-state index in [0.717, 1.165) is 32.1 Å². The summed E-state index contributed by atoms with van der Waals surface area (Å²) in [6, 6.07) is 4.71. The van der Waals surface area contributed by atoms with E-state index in [9.17, 15) is 18.7 Å². The van der Waals surface area contributed by atoms with E-state index in [-0.39, 0.29) is 34.9 Å². The zero-order valence-electron chi connectivity index (χ0n) is 22.8. The summed E-state index contributed by atoms with van der Waals surface area (Å²) in [4.78, 5) is 34.8. The maximum Gasteiger partial charge on any atom is 0.322 e. The summed E-state index contributed by atoms with van der Waals surface area (Å²) < 4.78 is 36.0. The second-order valence-corrected chi connectivity index (χ2v) is 11.6. The van der Waals surface area contributed by atoms with Crippen molar-refractivity contribution in [2.24, 2.45) is 0 Å². The number of anilines is 4. The van der Waals surface area contributed by atoms with Gasteiger partial charge in [0.1, 0.15) is 18.6 Å². The normalized spacial score (nSPS) is 25.5. The molecule has 1 aliphatic heterocycles. The van der Waals surface area contributed by atoms with Crippen LogP contribution in [0.4, 0.5) is 27.9 Å². The average molecular weight is 568 g/mol. The van der Waals surface area contributed by atoms with Crippen molar-refractivity contribution in [2.45, 2.75) is 76.8 Å². The van der Waals surface area contributed by atoms with E-state index in [1.807, 2.05) is 13.8 Å². The molecule has 3 unspecified atom stereocenters. The minimum absolute atomic E-state index is 0.129. The minimum Gasteiger partial charge on any atom is -0.752 e. The van der Waals surface area contributed by atoms with Crippen molar-refractivity contribution >= 4 is 31.4 Å². The third kappa shape index (κ3) is 7.34. The van der Waals surface area contributed by atoms with Gasteiger partial charge < -0.3 is 30.5 Å². The Kier molecular flexibility index (Phi) is 9.28. The van der Waals surface area contributed by atoms with Gasteiger partial charge in [0.15, 0.2) is 11.6 Å². The molecule has 4 N–H and O–H groups in total. The molecule has 1 saturated heterocycles. The number of aromatic nitrogens is 3. The molecule has 14 heteroatoms. The summed E-state index contributed by atoms with van der Waals surface area (Å²) in [5, 5.41) is 9.72. The molecule has 1 aromatic heterocycles. The topological polar surface area (TPSA) is 154 Å². The Morgan fingerprint density at radius 3 is 2.49 bits per heavy atom. The lowest BCUT2D eigenvalue weighted by atomic mass is 9.98. The molecule has 216 valence electrons. The first kappa shape index (κ1) is 29.4. The molecule has 4 rings (SSSR count). The highest BCUT2D eigenvalue weighted by atomic mass is 31.2. The van der Waals surface area contributed by atoms with Crippen LogP contribution in [0, 0.1) is 5.82 Å². The number of quaternary nitrogens is 1. The third-order valence-electron chi connectivity index (χ3n) is 7.85. The summed E-state index contributed by atoms with van der Waals surface area (Å²) in [5.74, 6) is 0.490. The molecule has 1 aromatic carbocycles. The number of likely N-dealkylation sites (tertiary alicyclic amines) is 1. The minimum atomic E-state index is -4.97. The molecule has 1 aliphatic carbocycles. The molecule has 0 amide bonds. The van der Waals surface area contributed by atoms with Crippen molar-refractivity contribution in [3.8, 4) is 5.75 Å². The zero-order chi connectivity index (χ0) is 28.1. The molecule has 1 saturated carbocycles. The van der Waals surface area contributed by atoms with Gasteiger partial charge in [-0.25, -0.2) is 4.39 Å². The fraction of sp³-hybridized carbons (Fsp3) is 0.640. The third-order valence-corrected chi connectivity index (χ3v) is 8.37. The highest BCUT2D eigenvalue weighted by molar-refractivity contribution is 7.44. The van der Waals surface area contributed by atoms with Crippen LogP contribution in [0.25, 0.3) is 0 Å². The Bertz CT molecular complexity index is 1180. The highest BCUT2D eigenvalue weighted by Crippen LogP contribution is 2.46. The van der Waals surface area contributed by atoms with Crippen LogP contribution in [0.2, 0.25) is 0 Å². The standard InChI is InChI=1S/C25H39FN7O5P/c1-4-33(38-39(34,35)36)15-9-14-25(33,2)17-27-22-30-23(28-18-10-7-5-6-8-11-18)32-24(31-22)29-19-12-13-21(37-3)20(26)16-19/h12-13,16,18H,4-11,14-15,17H2,1-3H3,(H4-,27,28,29,30,31,32,34,35,36). The summed E-state index contributed by atoms with van der Waals surface area (Å²) in [5.41, 5.74) is -0.232. The lowest BCUT2D eigenvalue weighted by molar-refractivity contribution is -1.11. The van der Waals surface area contributed by atoms with Gasteiger partial charge in [0.05, 0.1) is 13.7 Å². The molecule has 0 bridgehead atoms. The van der Waals surface area contributed by atoms with Crippen molar-refractivity contribution in [3.63, 3.8) is 0 Å². The molecule has 39 heavy (non-hydrogen) atoms. The van der Waals surface area contributed by atoms with E-state index >= 15 is 0 Å². The molecule has 0 radical (unpaired) electrons. The van der Waals surface area contributed by atoms with Gasteiger partial charge in [0.2, 0.25) is 17.8 Å². The quantitative estimate of drug-likeness (QED) is 0.176. The molecular weight excluding hydrogens is 528 g/mol. The number of hydrogen-bond acceptors (Lipinski definition) is 10. The number of methoxy groups -OCH3 is 1. The Morgan fingerprint density at radius 2 is 1.85 bits per heavy atom. The number of rotatable bonds is 11. The van der Waals surface area contributed by atoms with Crippen molar-refractivity contribution in [1.82, 2.24) is 15.0 Å². The largest absolute Gasteiger partial charge is 0.752 e.